The van der Waals surface area contributed by atoms with Gasteiger partial charge >= 0.3 is 5.97 Å². The first kappa shape index (κ1) is 11.2. The molecule has 1 rings (SSSR count). The maximum Gasteiger partial charge on any atom is 0.330 e. The second-order valence-corrected chi connectivity index (χ2v) is 3.14. The van der Waals surface area contributed by atoms with Crippen LogP contribution in [0.5, 0.6) is 0 Å². The molecule has 0 amide bonds. The summed E-state index contributed by atoms with van der Waals surface area (Å²) >= 11 is 0. The molecule has 0 aromatic carbocycles. The van der Waals surface area contributed by atoms with Crippen LogP contribution in [-0.4, -0.2) is 31.6 Å². The molecule has 1 aliphatic heterocycles. The molecule has 2 unspecified atom stereocenters. The number of hydrogen-bond acceptors (Lipinski definition) is 4. The summed E-state index contributed by atoms with van der Waals surface area (Å²) in [5, 5.41) is 0. The van der Waals surface area contributed by atoms with Gasteiger partial charge in [0.1, 0.15) is 12.7 Å². The van der Waals surface area contributed by atoms with Crippen molar-refractivity contribution in [2.24, 2.45) is 0 Å². The lowest BCUT2D eigenvalue weighted by molar-refractivity contribution is -0.142. The monoisotopic (exact) mass is 200 g/mol. The minimum atomic E-state index is -0.424. The topological polar surface area (TPSA) is 44.8 Å². The molecule has 0 spiro atoms. The highest BCUT2D eigenvalue weighted by molar-refractivity contribution is 5.81. The maximum atomic E-state index is 10.7. The fourth-order valence-corrected chi connectivity index (χ4v) is 1.22. The van der Waals surface area contributed by atoms with E-state index < -0.39 is 5.97 Å². The number of esters is 1. The molecule has 0 aromatic heterocycles. The Bertz CT molecular complexity index is 202. The Morgan fingerprint density at radius 3 is 3.14 bits per heavy atom. The molecular weight excluding hydrogens is 184 g/mol. The SMILES string of the molecule is C=CC(=O)OCC1COC(CCC)O1. The molecule has 0 aliphatic carbocycles. The van der Waals surface area contributed by atoms with E-state index in [-0.39, 0.29) is 19.0 Å². The quantitative estimate of drug-likeness (QED) is 0.495. The fraction of sp³-hybridized carbons (Fsp3) is 0.700. The zero-order valence-corrected chi connectivity index (χ0v) is 8.40. The van der Waals surface area contributed by atoms with Gasteiger partial charge in [0.05, 0.1) is 6.61 Å². The zero-order chi connectivity index (χ0) is 10.4. The van der Waals surface area contributed by atoms with E-state index in [9.17, 15) is 4.79 Å². The molecule has 1 saturated heterocycles. The summed E-state index contributed by atoms with van der Waals surface area (Å²) in [4.78, 5) is 10.7. The highest BCUT2D eigenvalue weighted by atomic mass is 16.7. The van der Waals surface area contributed by atoms with Crippen molar-refractivity contribution >= 4 is 5.97 Å². The summed E-state index contributed by atoms with van der Waals surface area (Å²) in [5.41, 5.74) is 0. The van der Waals surface area contributed by atoms with Gasteiger partial charge in [-0.2, -0.15) is 0 Å². The van der Waals surface area contributed by atoms with Crippen LogP contribution >= 0.6 is 0 Å². The van der Waals surface area contributed by atoms with E-state index in [0.717, 1.165) is 18.9 Å². The molecule has 80 valence electrons. The predicted molar refractivity (Wildman–Crippen MR) is 50.7 cm³/mol. The van der Waals surface area contributed by atoms with E-state index in [0.29, 0.717) is 6.61 Å². The lowest BCUT2D eigenvalue weighted by Gasteiger charge is -2.10. The lowest BCUT2D eigenvalue weighted by atomic mass is 10.3. The first-order valence-corrected chi connectivity index (χ1v) is 4.82. The van der Waals surface area contributed by atoms with Crippen LogP contribution in [0, 0.1) is 0 Å². The third-order valence-corrected chi connectivity index (χ3v) is 1.91. The molecular formula is C10H16O4. The predicted octanol–water partition coefficient (Wildman–Crippen LogP) is 1.26. The van der Waals surface area contributed by atoms with Crippen molar-refractivity contribution in [3.63, 3.8) is 0 Å². The third kappa shape index (κ3) is 3.47. The molecule has 1 heterocycles. The maximum absolute atomic E-state index is 10.7. The molecule has 2 atom stereocenters. The number of ether oxygens (including phenoxy) is 3. The second kappa shape index (κ2) is 5.78. The largest absolute Gasteiger partial charge is 0.460 e. The second-order valence-electron chi connectivity index (χ2n) is 3.14. The van der Waals surface area contributed by atoms with E-state index in [1.807, 2.05) is 0 Å². The van der Waals surface area contributed by atoms with Crippen molar-refractivity contribution in [1.82, 2.24) is 0 Å². The molecule has 0 N–H and O–H groups in total. The number of carbonyl (C=O) groups excluding carboxylic acids is 1. The van der Waals surface area contributed by atoms with Crippen molar-refractivity contribution in [3.8, 4) is 0 Å². The van der Waals surface area contributed by atoms with Gasteiger partial charge in [-0.15, -0.1) is 0 Å². The molecule has 0 aromatic rings. The number of hydrogen-bond donors (Lipinski definition) is 0. The lowest BCUT2D eigenvalue weighted by Crippen LogP contribution is -2.20. The summed E-state index contributed by atoms with van der Waals surface area (Å²) in [6.07, 6.45) is 2.78. The van der Waals surface area contributed by atoms with Crippen LogP contribution in [0.1, 0.15) is 19.8 Å². The first-order valence-electron chi connectivity index (χ1n) is 4.82. The van der Waals surface area contributed by atoms with Crippen LogP contribution < -0.4 is 0 Å². The van der Waals surface area contributed by atoms with Gasteiger partial charge in [-0.05, 0) is 6.42 Å². The van der Waals surface area contributed by atoms with Gasteiger partial charge in [0.2, 0.25) is 0 Å². The van der Waals surface area contributed by atoms with Crippen LogP contribution in [0.3, 0.4) is 0 Å². The van der Waals surface area contributed by atoms with Gasteiger partial charge < -0.3 is 14.2 Å². The molecule has 0 radical (unpaired) electrons. The molecule has 0 bridgehead atoms. The third-order valence-electron chi connectivity index (χ3n) is 1.91. The summed E-state index contributed by atoms with van der Waals surface area (Å²) in [5.74, 6) is -0.424. The molecule has 0 saturated carbocycles. The minimum Gasteiger partial charge on any atom is -0.460 e. The van der Waals surface area contributed by atoms with Crippen molar-refractivity contribution in [1.29, 1.82) is 0 Å². The van der Waals surface area contributed by atoms with E-state index in [4.69, 9.17) is 14.2 Å². The Labute approximate surface area is 83.8 Å². The molecule has 1 aliphatic rings. The number of carbonyl (C=O) groups is 1. The van der Waals surface area contributed by atoms with Crippen molar-refractivity contribution in [3.05, 3.63) is 12.7 Å². The normalized spacial score (nSPS) is 26.1. The Kier molecular flexibility index (Phi) is 4.62. The standard InChI is InChI=1S/C10H16O4/c1-3-5-10-13-7-8(14-10)6-12-9(11)4-2/h4,8,10H,2-3,5-7H2,1H3. The van der Waals surface area contributed by atoms with Crippen LogP contribution in [0.15, 0.2) is 12.7 Å². The van der Waals surface area contributed by atoms with E-state index in [1.165, 1.54) is 0 Å². The van der Waals surface area contributed by atoms with Crippen LogP contribution in [0.2, 0.25) is 0 Å². The summed E-state index contributed by atoms with van der Waals surface area (Å²) in [6, 6.07) is 0. The Balaban J connectivity index is 2.15. The molecule has 4 nitrogen and oxygen atoms in total. The van der Waals surface area contributed by atoms with E-state index >= 15 is 0 Å². The molecule has 1 fully saturated rings. The smallest absolute Gasteiger partial charge is 0.330 e. The van der Waals surface area contributed by atoms with Gasteiger partial charge in [0.25, 0.3) is 0 Å². The summed E-state index contributed by atoms with van der Waals surface area (Å²) in [7, 11) is 0. The average Bonchev–Trinajstić information content (AvgIpc) is 2.63. The van der Waals surface area contributed by atoms with Gasteiger partial charge in [-0.3, -0.25) is 0 Å². The molecule has 14 heavy (non-hydrogen) atoms. The highest BCUT2D eigenvalue weighted by Gasteiger charge is 2.25. The van der Waals surface area contributed by atoms with Crippen molar-refractivity contribution in [2.75, 3.05) is 13.2 Å². The fourth-order valence-electron chi connectivity index (χ4n) is 1.22. The van der Waals surface area contributed by atoms with Crippen molar-refractivity contribution < 1.29 is 19.0 Å². The Morgan fingerprint density at radius 1 is 1.71 bits per heavy atom. The van der Waals surface area contributed by atoms with E-state index in [1.54, 1.807) is 0 Å². The zero-order valence-electron chi connectivity index (χ0n) is 8.40. The Morgan fingerprint density at radius 2 is 2.50 bits per heavy atom. The summed E-state index contributed by atoms with van der Waals surface area (Å²) < 4.78 is 15.6. The van der Waals surface area contributed by atoms with Gasteiger partial charge in [0, 0.05) is 6.08 Å². The average molecular weight is 200 g/mol. The van der Waals surface area contributed by atoms with Crippen LogP contribution in [0.4, 0.5) is 0 Å². The van der Waals surface area contributed by atoms with Gasteiger partial charge in [-0.1, -0.05) is 19.9 Å². The van der Waals surface area contributed by atoms with Crippen molar-refractivity contribution in [2.45, 2.75) is 32.2 Å². The van der Waals surface area contributed by atoms with Crippen LogP contribution in [-0.2, 0) is 19.0 Å². The van der Waals surface area contributed by atoms with Crippen LogP contribution in [0.25, 0.3) is 0 Å². The Hall–Kier alpha value is -0.870. The minimum absolute atomic E-state index is 0.129. The number of rotatable bonds is 5. The van der Waals surface area contributed by atoms with E-state index in [2.05, 4.69) is 13.5 Å². The highest BCUT2D eigenvalue weighted by Crippen LogP contribution is 2.15. The molecule has 4 heteroatoms. The summed E-state index contributed by atoms with van der Waals surface area (Å²) in [6.45, 7) is 6.11. The van der Waals surface area contributed by atoms with Gasteiger partial charge in [-0.25, -0.2) is 4.79 Å². The van der Waals surface area contributed by atoms with Gasteiger partial charge in [0.15, 0.2) is 6.29 Å². The first-order chi connectivity index (χ1) is 6.76.